The first kappa shape index (κ1) is 22.1. The fourth-order valence-corrected chi connectivity index (χ4v) is 5.54. The van der Waals surface area contributed by atoms with E-state index in [1.807, 2.05) is 6.07 Å². The number of hydrogen-bond acceptors (Lipinski definition) is 4. The standard InChI is InChI=1S/C24H30ClN5O3/c1-14(2)28-10-7-16(8-11-28)30-23(32)21-19(4-3-9-29(21)24(30)33)27-22(31)15-5-6-17-18(25)13-26-20(17)12-15/h5-6,12-14,16,19,26,32H,3-4,7-11H2,1-2H3,(H,27,31)/t19-/m1/s1. The summed E-state index contributed by atoms with van der Waals surface area (Å²) >= 11 is 6.14. The normalized spacial score (nSPS) is 19.8. The average molecular weight is 472 g/mol. The van der Waals surface area contributed by atoms with Crippen molar-refractivity contribution in [2.75, 3.05) is 13.1 Å². The molecule has 2 aromatic heterocycles. The summed E-state index contributed by atoms with van der Waals surface area (Å²) in [7, 11) is 0. The molecule has 0 unspecified atom stereocenters. The fourth-order valence-electron chi connectivity index (χ4n) is 5.32. The Hall–Kier alpha value is -2.71. The second kappa shape index (κ2) is 8.57. The number of amides is 1. The number of fused-ring (bicyclic) bond motifs is 2. The maximum atomic E-state index is 13.2. The molecule has 9 heteroatoms. The van der Waals surface area contributed by atoms with Crippen molar-refractivity contribution in [1.29, 1.82) is 0 Å². The molecule has 4 heterocycles. The first-order valence-electron chi connectivity index (χ1n) is 11.7. The van der Waals surface area contributed by atoms with Gasteiger partial charge in [-0.3, -0.25) is 13.9 Å². The van der Waals surface area contributed by atoms with Gasteiger partial charge in [0.15, 0.2) is 0 Å². The number of aromatic nitrogens is 3. The van der Waals surface area contributed by atoms with E-state index in [2.05, 4.69) is 29.0 Å². The monoisotopic (exact) mass is 471 g/mol. The molecule has 1 amide bonds. The van der Waals surface area contributed by atoms with Crippen molar-refractivity contribution < 1.29 is 9.90 Å². The number of hydrogen-bond donors (Lipinski definition) is 3. The van der Waals surface area contributed by atoms with Crippen LogP contribution in [0, 0.1) is 0 Å². The predicted molar refractivity (Wildman–Crippen MR) is 128 cm³/mol. The van der Waals surface area contributed by atoms with Crippen molar-refractivity contribution in [2.24, 2.45) is 0 Å². The minimum atomic E-state index is -0.418. The van der Waals surface area contributed by atoms with E-state index in [-0.39, 0.29) is 23.5 Å². The number of H-pyrrole nitrogens is 1. The topological polar surface area (TPSA) is 95.3 Å². The highest BCUT2D eigenvalue weighted by molar-refractivity contribution is 6.35. The van der Waals surface area contributed by atoms with Gasteiger partial charge in [-0.05, 0) is 51.7 Å². The number of carbonyl (C=O) groups is 1. The van der Waals surface area contributed by atoms with Gasteiger partial charge >= 0.3 is 5.69 Å². The number of benzene rings is 1. The van der Waals surface area contributed by atoms with Gasteiger partial charge in [0.2, 0.25) is 5.88 Å². The molecule has 1 aromatic carbocycles. The van der Waals surface area contributed by atoms with E-state index in [1.54, 1.807) is 27.5 Å². The molecule has 1 saturated heterocycles. The van der Waals surface area contributed by atoms with Crippen molar-refractivity contribution in [1.82, 2.24) is 24.3 Å². The number of imidazole rings is 1. The third-order valence-corrected chi connectivity index (χ3v) is 7.50. The van der Waals surface area contributed by atoms with Crippen molar-refractivity contribution in [3.05, 3.63) is 51.2 Å². The Bertz CT molecular complexity index is 1250. The van der Waals surface area contributed by atoms with Crippen LogP contribution in [0.25, 0.3) is 10.9 Å². The molecular weight excluding hydrogens is 442 g/mol. The van der Waals surface area contributed by atoms with Crippen molar-refractivity contribution in [3.8, 4) is 5.88 Å². The number of rotatable bonds is 4. The summed E-state index contributed by atoms with van der Waals surface area (Å²) in [6.07, 6.45) is 4.78. The third kappa shape index (κ3) is 3.85. The maximum absolute atomic E-state index is 13.2. The van der Waals surface area contributed by atoms with Crippen LogP contribution in [-0.2, 0) is 6.54 Å². The molecule has 2 aliphatic heterocycles. The second-order valence-electron chi connectivity index (χ2n) is 9.44. The van der Waals surface area contributed by atoms with Crippen LogP contribution in [0.15, 0.2) is 29.2 Å². The Kier molecular flexibility index (Phi) is 5.74. The molecule has 0 spiro atoms. The second-order valence-corrected chi connectivity index (χ2v) is 9.85. The van der Waals surface area contributed by atoms with E-state index in [4.69, 9.17) is 11.6 Å². The zero-order chi connectivity index (χ0) is 23.3. The lowest BCUT2D eigenvalue weighted by molar-refractivity contribution is 0.0928. The number of nitrogens with one attached hydrogen (secondary N) is 2. The Morgan fingerprint density at radius 3 is 2.70 bits per heavy atom. The number of aromatic amines is 1. The van der Waals surface area contributed by atoms with Crippen LogP contribution in [-0.4, -0.2) is 49.2 Å². The van der Waals surface area contributed by atoms with Gasteiger partial charge in [-0.2, -0.15) is 0 Å². The molecule has 0 aliphatic carbocycles. The van der Waals surface area contributed by atoms with Gasteiger partial charge in [-0.1, -0.05) is 17.7 Å². The van der Waals surface area contributed by atoms with Gasteiger partial charge in [-0.15, -0.1) is 0 Å². The molecule has 176 valence electrons. The lowest BCUT2D eigenvalue weighted by Gasteiger charge is -2.34. The summed E-state index contributed by atoms with van der Waals surface area (Å²) in [6, 6.07) is 5.35. The average Bonchev–Trinajstić information content (AvgIpc) is 3.31. The number of nitrogens with zero attached hydrogens (tertiary/aromatic N) is 3. The predicted octanol–water partition coefficient (Wildman–Crippen LogP) is 3.80. The van der Waals surface area contributed by atoms with Gasteiger partial charge < -0.3 is 20.3 Å². The maximum Gasteiger partial charge on any atom is 0.331 e. The molecule has 0 radical (unpaired) electrons. The van der Waals surface area contributed by atoms with Crippen molar-refractivity contribution in [2.45, 2.75) is 64.2 Å². The summed E-state index contributed by atoms with van der Waals surface area (Å²) in [5.41, 5.74) is 1.64. The Balaban J connectivity index is 1.40. The van der Waals surface area contributed by atoms with Crippen LogP contribution in [0.5, 0.6) is 5.88 Å². The van der Waals surface area contributed by atoms with Crippen LogP contribution in [0.1, 0.15) is 67.7 Å². The molecule has 33 heavy (non-hydrogen) atoms. The molecular formula is C24H30ClN5O3. The number of carbonyl (C=O) groups excluding carboxylic acids is 1. The summed E-state index contributed by atoms with van der Waals surface area (Å²) in [6.45, 7) is 6.71. The lowest BCUT2D eigenvalue weighted by atomic mass is 10.0. The van der Waals surface area contributed by atoms with Crippen LogP contribution in [0.4, 0.5) is 0 Å². The minimum Gasteiger partial charge on any atom is -0.493 e. The fraction of sp³-hybridized carbons (Fsp3) is 0.500. The smallest absolute Gasteiger partial charge is 0.331 e. The zero-order valence-electron chi connectivity index (χ0n) is 19.0. The highest BCUT2D eigenvalue weighted by Crippen LogP contribution is 2.35. The number of aromatic hydroxyl groups is 1. The van der Waals surface area contributed by atoms with Gasteiger partial charge in [-0.25, -0.2) is 4.79 Å². The van der Waals surface area contributed by atoms with E-state index in [1.165, 1.54) is 0 Å². The van der Waals surface area contributed by atoms with E-state index in [9.17, 15) is 14.7 Å². The zero-order valence-corrected chi connectivity index (χ0v) is 19.7. The lowest BCUT2D eigenvalue weighted by Crippen LogP contribution is -2.41. The largest absolute Gasteiger partial charge is 0.493 e. The van der Waals surface area contributed by atoms with E-state index >= 15 is 0 Å². The summed E-state index contributed by atoms with van der Waals surface area (Å²) in [4.78, 5) is 31.7. The minimum absolute atomic E-state index is 0.000372. The Morgan fingerprint density at radius 1 is 1.21 bits per heavy atom. The molecule has 0 bridgehead atoms. The van der Waals surface area contributed by atoms with E-state index in [0.29, 0.717) is 35.3 Å². The Labute approximate surface area is 197 Å². The molecule has 3 N–H and O–H groups in total. The van der Waals surface area contributed by atoms with E-state index in [0.717, 1.165) is 43.3 Å². The third-order valence-electron chi connectivity index (χ3n) is 7.18. The molecule has 2 aliphatic rings. The Morgan fingerprint density at radius 2 is 1.97 bits per heavy atom. The van der Waals surface area contributed by atoms with Crippen LogP contribution >= 0.6 is 11.6 Å². The van der Waals surface area contributed by atoms with Crippen molar-refractivity contribution in [3.63, 3.8) is 0 Å². The molecule has 8 nitrogen and oxygen atoms in total. The van der Waals surface area contributed by atoms with Crippen LogP contribution in [0.2, 0.25) is 5.02 Å². The summed E-state index contributed by atoms with van der Waals surface area (Å²) < 4.78 is 3.21. The van der Waals surface area contributed by atoms with Crippen molar-refractivity contribution >= 4 is 28.4 Å². The van der Waals surface area contributed by atoms with E-state index < -0.39 is 6.04 Å². The summed E-state index contributed by atoms with van der Waals surface area (Å²) in [5, 5.41) is 15.6. The van der Waals surface area contributed by atoms with Crippen LogP contribution < -0.4 is 11.0 Å². The van der Waals surface area contributed by atoms with Gasteiger partial charge in [0.1, 0.15) is 5.69 Å². The molecule has 5 rings (SSSR count). The van der Waals surface area contributed by atoms with Gasteiger partial charge in [0.25, 0.3) is 5.91 Å². The van der Waals surface area contributed by atoms with Crippen LogP contribution in [0.3, 0.4) is 0 Å². The number of halogens is 1. The number of likely N-dealkylation sites (tertiary alicyclic amines) is 1. The highest BCUT2D eigenvalue weighted by atomic mass is 35.5. The highest BCUT2D eigenvalue weighted by Gasteiger charge is 2.34. The molecule has 0 saturated carbocycles. The molecule has 3 aromatic rings. The molecule has 1 atom stereocenters. The number of piperidine rings is 1. The molecule has 1 fully saturated rings. The summed E-state index contributed by atoms with van der Waals surface area (Å²) in [5.74, 6) is -0.245. The first-order valence-corrected chi connectivity index (χ1v) is 12.1. The SMILES string of the molecule is CC(C)N1CCC(n2c(O)c3n(c2=O)CCC[C@H]3NC(=O)c2ccc3c(Cl)c[nH]c3c2)CC1. The quantitative estimate of drug-likeness (QED) is 0.539. The van der Waals surface area contributed by atoms with Gasteiger partial charge in [0, 0.05) is 54.4 Å². The first-order chi connectivity index (χ1) is 15.8. The van der Waals surface area contributed by atoms with Gasteiger partial charge in [0.05, 0.1) is 11.1 Å².